The molecule has 1 saturated heterocycles. The maximum atomic E-state index is 12.5. The quantitative estimate of drug-likeness (QED) is 0.0383. The van der Waals surface area contributed by atoms with Gasteiger partial charge < -0.3 is 64.9 Å². The molecule has 1 rings (SSSR count). The first kappa shape index (κ1) is 52.7. The van der Waals surface area contributed by atoms with Crippen molar-refractivity contribution < 1.29 is 74.5 Å². The average Bonchev–Trinajstić information content (AvgIpc) is 3.15. The molecule has 1 aliphatic heterocycles. The molecule has 15 nitrogen and oxygen atoms in total. The molecule has 332 valence electrons. The standard InChI is InChI=1S/C42H74O15/c1-12-21(2)13-22(3)14-27(8)40(57-42-39(52)38(51)37(50)33(56-42)20-54-30(11)44)28(9)16-25(6)34(47)23(4)15-24(5)35(48)26(7)17-29(10)41(53)55-19-32(46)36(49)31(45)18-43/h15-17,21-23,26-28,31-40,42-43,45-52H,12-14,18-20H2,1-11H3/b24-15+,25-16+,29-17+/t21-,22-,23+,26-,27+,28+,31+,32+,33+,34+,35-,36-,37-,38+,39+,40+,42-/m1/s1. The van der Waals surface area contributed by atoms with E-state index in [1.54, 1.807) is 33.8 Å². The molecule has 0 unspecified atom stereocenters. The molecule has 0 radical (unpaired) electrons. The SMILES string of the molecule is CC[C@@H](C)C[C@@H](C)C[C@H](C)[C@H](O[C@H]1O[C@@H](COC(C)=O)[C@@H](O)[C@H](O)[C@@H]1O)[C@@H](C)/C=C(\C)[C@@H](O)[C@@H](C)/C=C(\C)[C@@H](O)[C@H](C)/C=C(\C)C(=O)OC[C@H](O)[C@H](O)[C@@H](O)CO. The Balaban J connectivity index is 3.20. The van der Waals surface area contributed by atoms with Gasteiger partial charge in [0.2, 0.25) is 0 Å². The van der Waals surface area contributed by atoms with Crippen molar-refractivity contribution in [2.24, 2.45) is 35.5 Å². The molecular weight excluding hydrogens is 744 g/mol. The summed E-state index contributed by atoms with van der Waals surface area (Å²) < 4.78 is 22.4. The average molecular weight is 819 g/mol. The van der Waals surface area contributed by atoms with E-state index in [4.69, 9.17) is 24.1 Å². The van der Waals surface area contributed by atoms with Gasteiger partial charge >= 0.3 is 11.9 Å². The van der Waals surface area contributed by atoms with Crippen molar-refractivity contribution >= 4 is 11.9 Å². The van der Waals surface area contributed by atoms with E-state index >= 15 is 0 Å². The summed E-state index contributed by atoms with van der Waals surface area (Å²) in [5, 5.41) is 92.7. The van der Waals surface area contributed by atoms with E-state index in [0.29, 0.717) is 23.0 Å². The Kier molecular flexibility index (Phi) is 23.5. The van der Waals surface area contributed by atoms with Crippen LogP contribution in [0.25, 0.3) is 0 Å². The van der Waals surface area contributed by atoms with Crippen molar-refractivity contribution in [3.63, 3.8) is 0 Å². The van der Waals surface area contributed by atoms with Gasteiger partial charge in [0.25, 0.3) is 0 Å². The molecule has 0 bridgehead atoms. The molecular formula is C42H74O15. The fourth-order valence-corrected chi connectivity index (χ4v) is 7.35. The van der Waals surface area contributed by atoms with Crippen LogP contribution in [0.5, 0.6) is 0 Å². The van der Waals surface area contributed by atoms with Crippen LogP contribution in [0, 0.1) is 35.5 Å². The Hall–Kier alpha value is -2.28. The van der Waals surface area contributed by atoms with Crippen LogP contribution >= 0.6 is 0 Å². The third kappa shape index (κ3) is 17.1. The summed E-state index contributed by atoms with van der Waals surface area (Å²) in [4.78, 5) is 23.9. The molecule has 57 heavy (non-hydrogen) atoms. The van der Waals surface area contributed by atoms with E-state index in [-0.39, 0.29) is 24.0 Å². The zero-order valence-electron chi connectivity index (χ0n) is 35.8. The minimum atomic E-state index is -1.71. The van der Waals surface area contributed by atoms with Crippen LogP contribution in [0.2, 0.25) is 0 Å². The first-order valence-corrected chi connectivity index (χ1v) is 20.2. The predicted octanol–water partition coefficient (Wildman–Crippen LogP) is 1.93. The number of hydrogen-bond donors (Lipinski definition) is 9. The second-order valence-corrected chi connectivity index (χ2v) is 16.5. The third-order valence-corrected chi connectivity index (χ3v) is 10.9. The van der Waals surface area contributed by atoms with Crippen molar-refractivity contribution in [2.45, 2.75) is 163 Å². The maximum Gasteiger partial charge on any atom is 0.333 e. The van der Waals surface area contributed by atoms with E-state index in [9.17, 15) is 50.4 Å². The molecule has 15 heteroatoms. The summed E-state index contributed by atoms with van der Waals surface area (Å²) in [6, 6.07) is 0. The maximum absolute atomic E-state index is 12.5. The van der Waals surface area contributed by atoms with E-state index in [2.05, 4.69) is 20.8 Å². The van der Waals surface area contributed by atoms with Crippen LogP contribution in [0.1, 0.15) is 95.4 Å². The highest BCUT2D eigenvalue weighted by Crippen LogP contribution is 2.33. The van der Waals surface area contributed by atoms with Gasteiger partial charge in [-0.3, -0.25) is 4.79 Å². The lowest BCUT2D eigenvalue weighted by atomic mass is 9.82. The minimum absolute atomic E-state index is 0.0761. The minimum Gasteiger partial charge on any atom is -0.463 e. The number of hydrogen-bond acceptors (Lipinski definition) is 15. The van der Waals surface area contributed by atoms with Gasteiger partial charge in [-0.25, -0.2) is 4.79 Å². The molecule has 1 aliphatic rings. The highest BCUT2D eigenvalue weighted by atomic mass is 16.7. The van der Waals surface area contributed by atoms with Crippen LogP contribution in [0.3, 0.4) is 0 Å². The molecule has 0 saturated carbocycles. The summed E-state index contributed by atoms with van der Waals surface area (Å²) in [5.41, 5.74) is 1.30. The fraction of sp³-hybridized carbons (Fsp3) is 0.810. The molecule has 1 heterocycles. The Morgan fingerprint density at radius 2 is 1.25 bits per heavy atom. The number of aliphatic hydroxyl groups is 9. The van der Waals surface area contributed by atoms with Crippen LogP contribution in [0.4, 0.5) is 0 Å². The van der Waals surface area contributed by atoms with Crippen molar-refractivity contribution in [1.82, 2.24) is 0 Å². The van der Waals surface area contributed by atoms with Gasteiger partial charge in [0.1, 0.15) is 55.9 Å². The molecule has 0 aliphatic carbocycles. The summed E-state index contributed by atoms with van der Waals surface area (Å²) in [6.07, 6.45) is -6.74. The number of esters is 2. The number of ether oxygens (including phenoxy) is 4. The van der Waals surface area contributed by atoms with Gasteiger partial charge in [-0.2, -0.15) is 0 Å². The van der Waals surface area contributed by atoms with Gasteiger partial charge in [-0.05, 0) is 62.5 Å². The van der Waals surface area contributed by atoms with Crippen molar-refractivity contribution in [2.75, 3.05) is 19.8 Å². The van der Waals surface area contributed by atoms with Gasteiger partial charge in [0.15, 0.2) is 6.29 Å². The smallest absolute Gasteiger partial charge is 0.333 e. The lowest BCUT2D eigenvalue weighted by Crippen LogP contribution is -2.60. The molecule has 0 aromatic carbocycles. The molecule has 0 amide bonds. The van der Waals surface area contributed by atoms with E-state index in [1.807, 2.05) is 19.9 Å². The molecule has 17 atom stereocenters. The lowest BCUT2D eigenvalue weighted by molar-refractivity contribution is -0.317. The molecule has 9 N–H and O–H groups in total. The molecule has 0 aromatic rings. The Bertz CT molecular complexity index is 1300. The summed E-state index contributed by atoms with van der Waals surface area (Å²) in [6.45, 7) is 18.4. The number of carbonyl (C=O) groups excluding carboxylic acids is 2. The highest BCUT2D eigenvalue weighted by Gasteiger charge is 2.46. The predicted molar refractivity (Wildman–Crippen MR) is 212 cm³/mol. The summed E-state index contributed by atoms with van der Waals surface area (Å²) in [5.74, 6) is -1.96. The number of rotatable bonds is 24. The van der Waals surface area contributed by atoms with Crippen LogP contribution < -0.4 is 0 Å². The summed E-state index contributed by atoms with van der Waals surface area (Å²) in [7, 11) is 0. The number of carbonyl (C=O) groups is 2. The number of aliphatic hydroxyl groups excluding tert-OH is 9. The molecule has 1 fully saturated rings. The molecule has 0 aromatic heterocycles. The fourth-order valence-electron chi connectivity index (χ4n) is 7.35. The highest BCUT2D eigenvalue weighted by molar-refractivity contribution is 5.87. The van der Waals surface area contributed by atoms with Crippen molar-refractivity contribution in [3.8, 4) is 0 Å². The second kappa shape index (κ2) is 25.4. The third-order valence-electron chi connectivity index (χ3n) is 10.9. The van der Waals surface area contributed by atoms with Crippen LogP contribution in [-0.2, 0) is 28.5 Å². The monoisotopic (exact) mass is 819 g/mol. The first-order chi connectivity index (χ1) is 26.5. The lowest BCUT2D eigenvalue weighted by Gasteiger charge is -2.43. The van der Waals surface area contributed by atoms with Crippen molar-refractivity contribution in [1.29, 1.82) is 0 Å². The van der Waals surface area contributed by atoms with Gasteiger partial charge in [-0.15, -0.1) is 0 Å². The van der Waals surface area contributed by atoms with E-state index < -0.39 is 104 Å². The Labute approximate surface area is 339 Å². The van der Waals surface area contributed by atoms with Gasteiger partial charge in [0.05, 0.1) is 24.9 Å². The van der Waals surface area contributed by atoms with Gasteiger partial charge in [-0.1, -0.05) is 73.1 Å². The second-order valence-electron chi connectivity index (χ2n) is 16.5. The summed E-state index contributed by atoms with van der Waals surface area (Å²) >= 11 is 0. The van der Waals surface area contributed by atoms with Crippen molar-refractivity contribution in [3.05, 3.63) is 34.9 Å². The van der Waals surface area contributed by atoms with Crippen LogP contribution in [0.15, 0.2) is 34.9 Å². The Morgan fingerprint density at radius 3 is 1.77 bits per heavy atom. The Morgan fingerprint density at radius 1 is 0.702 bits per heavy atom. The zero-order chi connectivity index (χ0) is 43.9. The first-order valence-electron chi connectivity index (χ1n) is 20.2. The zero-order valence-corrected chi connectivity index (χ0v) is 35.8. The normalized spacial score (nSPS) is 27.5. The topological polar surface area (TPSA) is 253 Å². The van der Waals surface area contributed by atoms with Gasteiger partial charge in [0, 0.05) is 30.3 Å². The largest absolute Gasteiger partial charge is 0.463 e. The van der Waals surface area contributed by atoms with E-state index in [1.165, 1.54) is 19.9 Å². The molecule has 0 spiro atoms. The van der Waals surface area contributed by atoms with E-state index in [0.717, 1.165) is 19.3 Å². The van der Waals surface area contributed by atoms with Crippen LogP contribution in [-0.4, -0.2) is 145 Å².